The predicted octanol–water partition coefficient (Wildman–Crippen LogP) is 2.99. The minimum atomic E-state index is -0.160. The zero-order valence-corrected chi connectivity index (χ0v) is 15.3. The first kappa shape index (κ1) is 17.7. The van der Waals surface area contributed by atoms with E-state index in [0.717, 1.165) is 48.6 Å². The third-order valence-electron chi connectivity index (χ3n) is 4.50. The summed E-state index contributed by atoms with van der Waals surface area (Å²) in [6.07, 6.45) is 3.10. The van der Waals surface area contributed by atoms with E-state index in [1.165, 1.54) is 7.11 Å². The van der Waals surface area contributed by atoms with Gasteiger partial charge in [0.25, 0.3) is 0 Å². The zero-order chi connectivity index (χ0) is 17.8. The number of carbonyl (C=O) groups excluding carboxylic acids is 1. The van der Waals surface area contributed by atoms with Gasteiger partial charge < -0.3 is 14.0 Å². The molecule has 1 aromatic carbocycles. The van der Waals surface area contributed by atoms with Crippen LogP contribution in [-0.4, -0.2) is 34.5 Å². The van der Waals surface area contributed by atoms with Gasteiger partial charge in [-0.2, -0.15) is 0 Å². The first-order valence-corrected chi connectivity index (χ1v) is 8.84. The molecule has 1 aliphatic heterocycles. The number of halogens is 1. The molecule has 0 saturated heterocycles. The summed E-state index contributed by atoms with van der Waals surface area (Å²) in [6.45, 7) is 3.16. The Morgan fingerprint density at radius 1 is 1.40 bits per heavy atom. The maximum absolute atomic E-state index is 11.8. The van der Waals surface area contributed by atoms with Gasteiger partial charge in [-0.05, 0) is 43.5 Å². The second-order valence-corrected chi connectivity index (χ2v) is 6.70. The molecule has 0 spiro atoms. The van der Waals surface area contributed by atoms with Gasteiger partial charge in [-0.15, -0.1) is 10.2 Å². The summed E-state index contributed by atoms with van der Waals surface area (Å²) in [7, 11) is 1.43. The lowest BCUT2D eigenvalue weighted by Gasteiger charge is -2.22. The van der Waals surface area contributed by atoms with E-state index in [-0.39, 0.29) is 11.9 Å². The molecule has 6 nitrogen and oxygen atoms in total. The van der Waals surface area contributed by atoms with Crippen LogP contribution >= 0.6 is 11.6 Å². The summed E-state index contributed by atoms with van der Waals surface area (Å²) >= 11 is 5.95. The lowest BCUT2D eigenvalue weighted by molar-refractivity contribution is -0.146. The predicted molar refractivity (Wildman–Crippen MR) is 93.9 cm³/mol. The molecule has 25 heavy (non-hydrogen) atoms. The Morgan fingerprint density at radius 3 is 3.00 bits per heavy atom. The van der Waals surface area contributed by atoms with E-state index in [0.29, 0.717) is 18.2 Å². The number of aromatic nitrogens is 3. The molecule has 134 valence electrons. The number of rotatable bonds is 6. The van der Waals surface area contributed by atoms with E-state index in [9.17, 15) is 4.79 Å². The lowest BCUT2D eigenvalue weighted by Crippen LogP contribution is -2.28. The summed E-state index contributed by atoms with van der Waals surface area (Å²) in [6, 6.07) is 5.60. The first-order chi connectivity index (χ1) is 12.1. The van der Waals surface area contributed by atoms with Crippen LogP contribution in [0.1, 0.15) is 30.1 Å². The molecule has 1 unspecified atom stereocenters. The Hall–Kier alpha value is -2.08. The van der Waals surface area contributed by atoms with Crippen molar-refractivity contribution in [1.82, 2.24) is 14.8 Å². The highest BCUT2D eigenvalue weighted by Crippen LogP contribution is 2.23. The quantitative estimate of drug-likeness (QED) is 0.583. The van der Waals surface area contributed by atoms with Gasteiger partial charge in [-0.3, -0.25) is 4.79 Å². The minimum absolute atomic E-state index is 0.111. The molecule has 1 aliphatic rings. The van der Waals surface area contributed by atoms with Gasteiger partial charge in [0.1, 0.15) is 17.4 Å². The van der Waals surface area contributed by atoms with Crippen molar-refractivity contribution in [3.8, 4) is 5.75 Å². The molecule has 2 heterocycles. The molecule has 0 bridgehead atoms. The van der Waals surface area contributed by atoms with Gasteiger partial charge in [-0.1, -0.05) is 11.6 Å². The van der Waals surface area contributed by atoms with Gasteiger partial charge in [0, 0.05) is 24.4 Å². The van der Waals surface area contributed by atoms with Gasteiger partial charge in [0.05, 0.1) is 19.6 Å². The molecule has 2 aromatic rings. The Bertz CT molecular complexity index is 760. The van der Waals surface area contributed by atoms with Crippen molar-refractivity contribution in [2.75, 3.05) is 13.7 Å². The summed E-state index contributed by atoms with van der Waals surface area (Å²) < 4.78 is 12.7. The van der Waals surface area contributed by atoms with Crippen molar-refractivity contribution in [1.29, 1.82) is 0 Å². The van der Waals surface area contributed by atoms with Crippen molar-refractivity contribution in [3.63, 3.8) is 0 Å². The molecule has 1 atom stereocenters. The fraction of sp³-hybridized carbons (Fsp3) is 0.500. The molecule has 0 saturated carbocycles. The highest BCUT2D eigenvalue weighted by atomic mass is 35.5. The molecule has 0 amide bonds. The third kappa shape index (κ3) is 4.12. The highest BCUT2D eigenvalue weighted by molar-refractivity contribution is 6.30. The van der Waals surface area contributed by atoms with Crippen LogP contribution in [0, 0.1) is 12.8 Å². The average Bonchev–Trinajstić information content (AvgIpc) is 3.01. The van der Waals surface area contributed by atoms with Crippen molar-refractivity contribution in [2.24, 2.45) is 5.92 Å². The number of aryl methyl sites for hydroxylation is 3. The van der Waals surface area contributed by atoms with Crippen LogP contribution in [0.15, 0.2) is 18.2 Å². The van der Waals surface area contributed by atoms with Crippen molar-refractivity contribution in [2.45, 2.75) is 39.2 Å². The SMILES string of the molecule is COC(=O)C1CCc2nnc(CCCOc3ccc(Cl)cc3C)n2C1. The monoisotopic (exact) mass is 363 g/mol. The maximum atomic E-state index is 11.8. The molecule has 1 aromatic heterocycles. The second-order valence-electron chi connectivity index (χ2n) is 6.26. The van der Waals surface area contributed by atoms with Crippen molar-refractivity contribution < 1.29 is 14.3 Å². The van der Waals surface area contributed by atoms with Crippen molar-refractivity contribution >= 4 is 17.6 Å². The van der Waals surface area contributed by atoms with Gasteiger partial charge in [-0.25, -0.2) is 0 Å². The number of esters is 1. The molecular weight excluding hydrogens is 342 g/mol. The maximum Gasteiger partial charge on any atom is 0.310 e. The number of hydrogen-bond donors (Lipinski definition) is 0. The largest absolute Gasteiger partial charge is 0.493 e. The van der Waals surface area contributed by atoms with Gasteiger partial charge in [0.15, 0.2) is 0 Å². The van der Waals surface area contributed by atoms with E-state index >= 15 is 0 Å². The Balaban J connectivity index is 1.54. The number of methoxy groups -OCH3 is 1. The topological polar surface area (TPSA) is 66.2 Å². The average molecular weight is 364 g/mol. The van der Waals surface area contributed by atoms with Crippen LogP contribution in [0.25, 0.3) is 0 Å². The molecule has 0 aliphatic carbocycles. The first-order valence-electron chi connectivity index (χ1n) is 8.46. The second kappa shape index (κ2) is 7.87. The normalized spacial score (nSPS) is 16.4. The molecule has 3 rings (SSSR count). The minimum Gasteiger partial charge on any atom is -0.493 e. The van der Waals surface area contributed by atoms with Crippen LogP contribution in [0.5, 0.6) is 5.75 Å². The number of carbonyl (C=O) groups is 1. The van der Waals surface area contributed by atoms with Crippen LogP contribution in [-0.2, 0) is 28.9 Å². The van der Waals surface area contributed by atoms with Crippen LogP contribution < -0.4 is 4.74 Å². The third-order valence-corrected chi connectivity index (χ3v) is 4.73. The standard InChI is InChI=1S/C18H22ClN3O3/c1-12-10-14(19)6-7-15(12)25-9-3-4-16-20-21-17-8-5-13(11-22(16)17)18(23)24-2/h6-7,10,13H,3-5,8-9,11H2,1-2H3. The lowest BCUT2D eigenvalue weighted by atomic mass is 9.99. The number of fused-ring (bicyclic) bond motifs is 1. The Morgan fingerprint density at radius 2 is 2.24 bits per heavy atom. The smallest absolute Gasteiger partial charge is 0.310 e. The summed E-state index contributed by atoms with van der Waals surface area (Å²) in [4.78, 5) is 11.8. The summed E-state index contributed by atoms with van der Waals surface area (Å²) in [5.41, 5.74) is 1.02. The fourth-order valence-corrected chi connectivity index (χ4v) is 3.34. The van der Waals surface area contributed by atoms with Crippen molar-refractivity contribution in [3.05, 3.63) is 40.4 Å². The highest BCUT2D eigenvalue weighted by Gasteiger charge is 2.28. The Labute approximate surface area is 152 Å². The van der Waals surface area contributed by atoms with E-state index in [1.807, 2.05) is 25.1 Å². The zero-order valence-electron chi connectivity index (χ0n) is 14.5. The molecule has 0 fully saturated rings. The summed E-state index contributed by atoms with van der Waals surface area (Å²) in [5.74, 6) is 2.43. The van der Waals surface area contributed by atoms with E-state index in [4.69, 9.17) is 21.1 Å². The Kier molecular flexibility index (Phi) is 5.58. The molecular formula is C18H22ClN3O3. The van der Waals surface area contributed by atoms with E-state index < -0.39 is 0 Å². The molecule has 7 heteroatoms. The van der Waals surface area contributed by atoms with Crippen LogP contribution in [0.3, 0.4) is 0 Å². The van der Waals surface area contributed by atoms with E-state index in [2.05, 4.69) is 14.8 Å². The summed E-state index contributed by atoms with van der Waals surface area (Å²) in [5, 5.41) is 9.23. The number of nitrogens with zero attached hydrogens (tertiary/aromatic N) is 3. The van der Waals surface area contributed by atoms with Crippen LogP contribution in [0.2, 0.25) is 5.02 Å². The van der Waals surface area contributed by atoms with Crippen LogP contribution in [0.4, 0.5) is 0 Å². The molecule has 0 N–H and O–H groups in total. The van der Waals surface area contributed by atoms with E-state index in [1.54, 1.807) is 0 Å². The molecule has 0 radical (unpaired) electrons. The fourth-order valence-electron chi connectivity index (χ4n) is 3.11. The van der Waals surface area contributed by atoms with Gasteiger partial charge in [0.2, 0.25) is 0 Å². The number of benzene rings is 1. The number of hydrogen-bond acceptors (Lipinski definition) is 5. The van der Waals surface area contributed by atoms with Gasteiger partial charge >= 0.3 is 5.97 Å². The number of ether oxygens (including phenoxy) is 2.